The fourth-order valence-corrected chi connectivity index (χ4v) is 10.5. The average Bonchev–Trinajstić information content (AvgIpc) is 3.88. The van der Waals surface area contributed by atoms with Crippen LogP contribution >= 0.6 is 0 Å². The van der Waals surface area contributed by atoms with Gasteiger partial charge in [-0.2, -0.15) is 0 Å². The van der Waals surface area contributed by atoms with E-state index < -0.39 is 0 Å². The molecule has 0 aliphatic rings. The second-order valence-corrected chi connectivity index (χ2v) is 18.1. The monoisotopic (exact) mass is 870 g/mol. The van der Waals surface area contributed by atoms with Gasteiger partial charge in [-0.15, -0.1) is 0 Å². The number of fused-ring (bicyclic) bond motifs is 6. The molecule has 68 heavy (non-hydrogen) atoms. The molecule has 0 N–H and O–H groups in total. The highest BCUT2D eigenvalue weighted by Gasteiger charge is 2.24. The van der Waals surface area contributed by atoms with Crippen molar-refractivity contribution in [2.75, 3.05) is 0 Å². The highest BCUT2D eigenvalue weighted by atomic mass is 15.1. The molecule has 4 nitrogen and oxygen atoms in total. The van der Waals surface area contributed by atoms with E-state index in [1.54, 1.807) is 0 Å². The van der Waals surface area contributed by atoms with Crippen molar-refractivity contribution in [2.45, 2.75) is 27.7 Å². The van der Waals surface area contributed by atoms with Crippen molar-refractivity contribution in [3.63, 3.8) is 0 Å². The average molecular weight is 871 g/mol. The van der Waals surface area contributed by atoms with Crippen LogP contribution in [0.25, 0.3) is 116 Å². The van der Waals surface area contributed by atoms with E-state index >= 15 is 0 Å². The van der Waals surface area contributed by atoms with E-state index in [0.717, 1.165) is 83.2 Å². The SMILES string of the molecule is [C-]#[N+]c1cc(-n2c3ccccc3c3cc(-c4ccc(C)cc4C)ccc32)c(-n2c3ccccc3c3cc(-c4ccc(C)cc4C)ccc32)cc1-c1cc(-c2ccccc2)nc(-c2ccccc2)c1. The number of rotatable bonds is 7. The third-order valence-corrected chi connectivity index (χ3v) is 13.7. The van der Waals surface area contributed by atoms with Gasteiger partial charge < -0.3 is 9.13 Å². The van der Waals surface area contributed by atoms with Gasteiger partial charge in [0, 0.05) is 32.7 Å². The number of para-hydroxylation sites is 2. The maximum atomic E-state index is 8.91. The summed E-state index contributed by atoms with van der Waals surface area (Å²) in [6.07, 6.45) is 0. The Kier molecular flexibility index (Phi) is 9.74. The van der Waals surface area contributed by atoms with Crippen molar-refractivity contribution in [1.82, 2.24) is 14.1 Å². The Hall–Kier alpha value is -8.78. The van der Waals surface area contributed by atoms with E-state index in [2.05, 4.69) is 212 Å². The summed E-state index contributed by atoms with van der Waals surface area (Å²) in [5.41, 5.74) is 22.1. The van der Waals surface area contributed by atoms with Crippen LogP contribution in [0.5, 0.6) is 0 Å². The van der Waals surface area contributed by atoms with Crippen molar-refractivity contribution in [3.05, 3.63) is 240 Å². The van der Waals surface area contributed by atoms with E-state index in [0.29, 0.717) is 5.69 Å². The summed E-state index contributed by atoms with van der Waals surface area (Å²) < 4.78 is 4.80. The molecule has 0 saturated heterocycles. The Morgan fingerprint density at radius 2 is 0.794 bits per heavy atom. The Morgan fingerprint density at radius 3 is 1.26 bits per heavy atom. The lowest BCUT2D eigenvalue weighted by Gasteiger charge is -2.20. The number of hydrogen-bond donors (Lipinski definition) is 0. The molecule has 0 aliphatic heterocycles. The van der Waals surface area contributed by atoms with Gasteiger partial charge >= 0.3 is 0 Å². The molecule has 4 heteroatoms. The molecule has 12 rings (SSSR count). The maximum absolute atomic E-state index is 8.91. The summed E-state index contributed by atoms with van der Waals surface area (Å²) in [6.45, 7) is 17.6. The zero-order valence-corrected chi connectivity index (χ0v) is 38.4. The lowest BCUT2D eigenvalue weighted by molar-refractivity contribution is 1.10. The minimum absolute atomic E-state index is 0.559. The largest absolute Gasteiger partial charge is 0.308 e. The summed E-state index contributed by atoms with van der Waals surface area (Å²) in [7, 11) is 0. The summed E-state index contributed by atoms with van der Waals surface area (Å²) in [6, 6.07) is 73.9. The Labute approximate surface area is 396 Å². The Morgan fingerprint density at radius 1 is 0.353 bits per heavy atom. The van der Waals surface area contributed by atoms with Gasteiger partial charge in [0.15, 0.2) is 5.69 Å². The van der Waals surface area contributed by atoms with Crippen LogP contribution in [-0.4, -0.2) is 14.1 Å². The number of aryl methyl sites for hydroxylation is 4. The highest BCUT2D eigenvalue weighted by Crippen LogP contribution is 2.45. The smallest absolute Gasteiger partial charge is 0.197 e. The number of hydrogen-bond acceptors (Lipinski definition) is 1. The third-order valence-electron chi connectivity index (χ3n) is 13.7. The number of benzene rings is 9. The van der Waals surface area contributed by atoms with Gasteiger partial charge in [-0.25, -0.2) is 9.83 Å². The van der Waals surface area contributed by atoms with Crippen molar-refractivity contribution < 1.29 is 0 Å². The first-order valence-corrected chi connectivity index (χ1v) is 23.2. The predicted octanol–water partition coefficient (Wildman–Crippen LogP) is 17.4. The number of nitrogens with zero attached hydrogens (tertiary/aromatic N) is 4. The quantitative estimate of drug-likeness (QED) is 0.147. The van der Waals surface area contributed by atoms with Crippen LogP contribution < -0.4 is 0 Å². The maximum Gasteiger partial charge on any atom is 0.197 e. The van der Waals surface area contributed by atoms with Gasteiger partial charge in [-0.1, -0.05) is 157 Å². The van der Waals surface area contributed by atoms with Crippen LogP contribution in [-0.2, 0) is 0 Å². The van der Waals surface area contributed by atoms with Crippen LogP contribution in [0.15, 0.2) is 206 Å². The van der Waals surface area contributed by atoms with Gasteiger partial charge in [0.1, 0.15) is 0 Å². The molecule has 9 aromatic carbocycles. The van der Waals surface area contributed by atoms with E-state index in [1.165, 1.54) is 49.9 Å². The predicted molar refractivity (Wildman–Crippen MR) is 285 cm³/mol. The molecule has 0 spiro atoms. The third kappa shape index (κ3) is 6.79. The van der Waals surface area contributed by atoms with Crippen molar-refractivity contribution in [1.29, 1.82) is 0 Å². The molecule has 0 bridgehead atoms. The van der Waals surface area contributed by atoms with E-state index in [1.807, 2.05) is 36.4 Å². The molecule has 0 saturated carbocycles. The van der Waals surface area contributed by atoms with Gasteiger partial charge in [0.05, 0.1) is 51.4 Å². The Bertz CT molecular complexity index is 3960. The van der Waals surface area contributed by atoms with Crippen LogP contribution in [0.2, 0.25) is 0 Å². The first-order chi connectivity index (χ1) is 33.3. The molecule has 12 aromatic rings. The van der Waals surface area contributed by atoms with Gasteiger partial charge in [-0.3, -0.25) is 0 Å². The fourth-order valence-electron chi connectivity index (χ4n) is 10.5. The van der Waals surface area contributed by atoms with Crippen molar-refractivity contribution in [3.8, 4) is 67.3 Å². The zero-order chi connectivity index (χ0) is 46.0. The molecule has 0 fully saturated rings. The normalized spacial score (nSPS) is 11.5. The second kappa shape index (κ2) is 16.3. The van der Waals surface area contributed by atoms with Gasteiger partial charge in [-0.05, 0) is 133 Å². The topological polar surface area (TPSA) is 27.1 Å². The molecule has 0 unspecified atom stereocenters. The molecule has 0 aliphatic carbocycles. The van der Waals surface area contributed by atoms with Crippen molar-refractivity contribution >= 4 is 49.3 Å². The van der Waals surface area contributed by atoms with E-state index in [-0.39, 0.29) is 0 Å². The van der Waals surface area contributed by atoms with Gasteiger partial charge in [0.2, 0.25) is 0 Å². The van der Waals surface area contributed by atoms with E-state index in [4.69, 9.17) is 11.6 Å². The lowest BCUT2D eigenvalue weighted by atomic mass is 9.97. The standard InChI is InChI=1S/C64H46N4/c1-40-24-28-49(42(3)32-40)46-26-30-61-54(34-46)51-20-12-14-22-59(51)67(61)63-38-53(48-36-56(44-16-8-6-9-17-44)66-57(37-48)45-18-10-7-11-19-45)58(65-5)39-64(63)68-60-23-15-13-21-52(60)55-35-47(27-31-62(55)68)50-29-25-41(2)33-43(50)4/h6-39H,1-4H3. The molecule has 322 valence electrons. The first-order valence-electron chi connectivity index (χ1n) is 23.2. The molecular weight excluding hydrogens is 825 g/mol. The molecule has 3 aromatic heterocycles. The molecule has 0 amide bonds. The lowest BCUT2D eigenvalue weighted by Crippen LogP contribution is -2.04. The zero-order valence-electron chi connectivity index (χ0n) is 38.4. The molecular formula is C64H46N4. The molecule has 0 radical (unpaired) electrons. The Balaban J connectivity index is 1.18. The summed E-state index contributed by atoms with van der Waals surface area (Å²) in [4.78, 5) is 9.60. The summed E-state index contributed by atoms with van der Waals surface area (Å²) in [5.74, 6) is 0. The van der Waals surface area contributed by atoms with E-state index in [9.17, 15) is 0 Å². The number of pyridine rings is 1. The summed E-state index contributed by atoms with van der Waals surface area (Å²) in [5, 5.41) is 4.65. The summed E-state index contributed by atoms with van der Waals surface area (Å²) >= 11 is 0. The van der Waals surface area contributed by atoms with Crippen molar-refractivity contribution in [2.24, 2.45) is 0 Å². The van der Waals surface area contributed by atoms with Crippen LogP contribution in [0.1, 0.15) is 22.3 Å². The van der Waals surface area contributed by atoms with Crippen LogP contribution in [0.3, 0.4) is 0 Å². The highest BCUT2D eigenvalue weighted by molar-refractivity contribution is 6.13. The first kappa shape index (κ1) is 40.7. The van der Waals surface area contributed by atoms with Gasteiger partial charge in [0.25, 0.3) is 0 Å². The fraction of sp³-hybridized carbons (Fsp3) is 0.0625. The second-order valence-electron chi connectivity index (χ2n) is 18.1. The number of aromatic nitrogens is 3. The molecule has 3 heterocycles. The molecule has 0 atom stereocenters. The van der Waals surface area contributed by atoms with Crippen LogP contribution in [0.4, 0.5) is 5.69 Å². The van der Waals surface area contributed by atoms with Crippen LogP contribution in [0, 0.1) is 34.3 Å². The minimum atomic E-state index is 0.559. The minimum Gasteiger partial charge on any atom is -0.308 e.